The summed E-state index contributed by atoms with van der Waals surface area (Å²) in [5.74, 6) is -1.19. The van der Waals surface area contributed by atoms with Crippen LogP contribution in [-0.2, 0) is 24.0 Å². The number of methoxy groups -OCH3 is 1. The van der Waals surface area contributed by atoms with Crippen LogP contribution in [0.25, 0.3) is 0 Å². The maximum Gasteiger partial charge on any atom is 0.330 e. The Kier molecular flexibility index (Phi) is 9.47. The average molecular weight is 274 g/mol. The van der Waals surface area contributed by atoms with E-state index in [4.69, 9.17) is 19.2 Å². The number of esters is 1. The lowest BCUT2D eigenvalue weighted by atomic mass is 10.1. The van der Waals surface area contributed by atoms with Gasteiger partial charge in [-0.25, -0.2) is 14.6 Å². The van der Waals surface area contributed by atoms with Crippen LogP contribution in [0, 0.1) is 0 Å². The molecule has 1 atom stereocenters. The van der Waals surface area contributed by atoms with Gasteiger partial charge in [-0.1, -0.05) is 19.8 Å². The predicted octanol–water partition coefficient (Wildman–Crippen LogP) is 3.00. The number of ether oxygens (including phenoxy) is 2. The molecule has 5 nitrogen and oxygen atoms in total. The van der Waals surface area contributed by atoms with Crippen molar-refractivity contribution in [2.24, 2.45) is 0 Å². The van der Waals surface area contributed by atoms with Crippen LogP contribution in [0.3, 0.4) is 0 Å². The van der Waals surface area contributed by atoms with Crippen molar-refractivity contribution in [3.8, 4) is 0 Å². The van der Waals surface area contributed by atoms with E-state index in [1.54, 1.807) is 34.0 Å². The minimum atomic E-state index is -0.817. The zero-order valence-corrected chi connectivity index (χ0v) is 12.6. The van der Waals surface area contributed by atoms with Gasteiger partial charge in [0.05, 0.1) is 6.61 Å². The second-order valence-corrected chi connectivity index (χ2v) is 4.58. The van der Waals surface area contributed by atoms with Gasteiger partial charge in [-0.15, -0.1) is 0 Å². The maximum absolute atomic E-state index is 11.2. The van der Waals surface area contributed by atoms with Crippen LogP contribution >= 0.6 is 0 Å². The van der Waals surface area contributed by atoms with Crippen molar-refractivity contribution in [3.05, 3.63) is 12.2 Å². The summed E-state index contributed by atoms with van der Waals surface area (Å²) in [5.41, 5.74) is 0. The van der Waals surface area contributed by atoms with Crippen molar-refractivity contribution in [3.63, 3.8) is 0 Å². The maximum atomic E-state index is 11.2. The Labute approximate surface area is 115 Å². The summed E-state index contributed by atoms with van der Waals surface area (Å²) in [7, 11) is 1.54. The molecule has 0 aliphatic heterocycles. The van der Waals surface area contributed by atoms with Gasteiger partial charge in [0.1, 0.15) is 6.10 Å². The monoisotopic (exact) mass is 274 g/mol. The summed E-state index contributed by atoms with van der Waals surface area (Å²) in [5, 5.41) is 0. The van der Waals surface area contributed by atoms with E-state index in [2.05, 4.69) is 6.92 Å². The minimum absolute atomic E-state index is 0.293. The molecule has 0 fully saturated rings. The predicted molar refractivity (Wildman–Crippen MR) is 72.3 cm³/mol. The number of hydrogen-bond donors (Lipinski definition) is 0. The summed E-state index contributed by atoms with van der Waals surface area (Å²) in [6.45, 7) is 7.71. The Bertz CT molecular complexity index is 273. The SMILES string of the molecule is CCCCC(/C=C/C(=O)OCC)OOC(C)(C)OC. The van der Waals surface area contributed by atoms with Gasteiger partial charge in [0.15, 0.2) is 5.79 Å². The van der Waals surface area contributed by atoms with Crippen molar-refractivity contribution < 1.29 is 24.0 Å². The molecular formula is C14H26O5. The van der Waals surface area contributed by atoms with Gasteiger partial charge < -0.3 is 9.47 Å². The lowest BCUT2D eigenvalue weighted by Crippen LogP contribution is -2.29. The molecule has 0 aromatic carbocycles. The van der Waals surface area contributed by atoms with Gasteiger partial charge in [-0.05, 0) is 33.3 Å². The minimum Gasteiger partial charge on any atom is -0.463 e. The van der Waals surface area contributed by atoms with Gasteiger partial charge in [0.2, 0.25) is 0 Å². The topological polar surface area (TPSA) is 54.0 Å². The summed E-state index contributed by atoms with van der Waals surface area (Å²) in [6.07, 6.45) is 5.52. The molecule has 5 heteroatoms. The highest BCUT2D eigenvalue weighted by atomic mass is 17.2. The van der Waals surface area contributed by atoms with E-state index in [1.807, 2.05) is 0 Å². The fourth-order valence-corrected chi connectivity index (χ4v) is 1.17. The quantitative estimate of drug-likeness (QED) is 0.201. The van der Waals surface area contributed by atoms with Crippen molar-refractivity contribution in [1.29, 1.82) is 0 Å². The fourth-order valence-electron chi connectivity index (χ4n) is 1.17. The van der Waals surface area contributed by atoms with E-state index >= 15 is 0 Å². The molecule has 0 heterocycles. The van der Waals surface area contributed by atoms with Crippen LogP contribution in [0.4, 0.5) is 0 Å². The first kappa shape index (κ1) is 18.1. The molecule has 0 saturated heterocycles. The second-order valence-electron chi connectivity index (χ2n) is 4.58. The third-order valence-electron chi connectivity index (χ3n) is 2.44. The highest BCUT2D eigenvalue weighted by Crippen LogP contribution is 2.14. The van der Waals surface area contributed by atoms with Gasteiger partial charge in [0.25, 0.3) is 0 Å². The molecule has 0 rings (SSSR count). The van der Waals surface area contributed by atoms with Crippen LogP contribution in [0.1, 0.15) is 47.0 Å². The highest BCUT2D eigenvalue weighted by molar-refractivity contribution is 5.81. The van der Waals surface area contributed by atoms with Gasteiger partial charge in [0, 0.05) is 13.2 Å². The Hall–Kier alpha value is -0.910. The number of unbranched alkanes of at least 4 members (excludes halogenated alkanes) is 1. The first-order valence-electron chi connectivity index (χ1n) is 6.69. The summed E-state index contributed by atoms with van der Waals surface area (Å²) < 4.78 is 9.91. The average Bonchev–Trinajstić information content (AvgIpc) is 2.38. The Morgan fingerprint density at radius 1 is 1.32 bits per heavy atom. The lowest BCUT2D eigenvalue weighted by molar-refractivity contribution is -0.425. The van der Waals surface area contributed by atoms with Crippen molar-refractivity contribution in [2.75, 3.05) is 13.7 Å². The Morgan fingerprint density at radius 3 is 2.53 bits per heavy atom. The lowest BCUT2D eigenvalue weighted by Gasteiger charge is -2.24. The zero-order valence-electron chi connectivity index (χ0n) is 12.6. The Morgan fingerprint density at radius 2 is 2.00 bits per heavy atom. The van der Waals surface area contributed by atoms with Gasteiger partial charge in [-0.2, -0.15) is 0 Å². The smallest absolute Gasteiger partial charge is 0.330 e. The third-order valence-corrected chi connectivity index (χ3v) is 2.44. The Balaban J connectivity index is 4.33. The molecular weight excluding hydrogens is 248 g/mol. The second kappa shape index (κ2) is 9.95. The molecule has 112 valence electrons. The largest absolute Gasteiger partial charge is 0.463 e. The van der Waals surface area contributed by atoms with Crippen molar-refractivity contribution in [2.45, 2.75) is 58.8 Å². The van der Waals surface area contributed by atoms with E-state index in [0.717, 1.165) is 19.3 Å². The number of carbonyl (C=O) groups is 1. The molecule has 0 aromatic rings. The molecule has 0 spiro atoms. The number of carbonyl (C=O) groups excluding carboxylic acids is 1. The number of hydrogen-bond acceptors (Lipinski definition) is 5. The molecule has 0 bridgehead atoms. The van der Waals surface area contributed by atoms with E-state index < -0.39 is 5.79 Å². The first-order chi connectivity index (χ1) is 8.95. The summed E-state index contributed by atoms with van der Waals surface area (Å²) >= 11 is 0. The van der Waals surface area contributed by atoms with Crippen LogP contribution in [-0.4, -0.2) is 31.6 Å². The van der Waals surface area contributed by atoms with Crippen LogP contribution in [0.2, 0.25) is 0 Å². The molecule has 0 N–H and O–H groups in total. The van der Waals surface area contributed by atoms with Gasteiger partial charge in [-0.3, -0.25) is 0 Å². The normalized spacial score (nSPS) is 13.7. The van der Waals surface area contributed by atoms with Crippen LogP contribution in [0.15, 0.2) is 12.2 Å². The molecule has 0 amide bonds. The molecule has 0 aliphatic carbocycles. The van der Waals surface area contributed by atoms with E-state index in [-0.39, 0.29) is 12.1 Å². The molecule has 0 aliphatic rings. The number of rotatable bonds is 10. The molecule has 0 radical (unpaired) electrons. The summed E-state index contributed by atoms with van der Waals surface area (Å²) in [4.78, 5) is 21.8. The molecule has 0 saturated carbocycles. The third kappa shape index (κ3) is 9.64. The zero-order chi connectivity index (χ0) is 14.7. The van der Waals surface area contributed by atoms with E-state index in [0.29, 0.717) is 6.61 Å². The highest BCUT2D eigenvalue weighted by Gasteiger charge is 2.20. The molecule has 19 heavy (non-hydrogen) atoms. The fraction of sp³-hybridized carbons (Fsp3) is 0.786. The molecule has 1 unspecified atom stereocenters. The van der Waals surface area contributed by atoms with Crippen LogP contribution < -0.4 is 0 Å². The van der Waals surface area contributed by atoms with E-state index in [9.17, 15) is 4.79 Å². The van der Waals surface area contributed by atoms with Crippen LogP contribution in [0.5, 0.6) is 0 Å². The van der Waals surface area contributed by atoms with E-state index in [1.165, 1.54) is 6.08 Å². The molecule has 0 aromatic heterocycles. The standard InChI is InChI=1S/C14H26O5/c1-6-8-9-12(10-11-13(15)17-7-2)18-19-14(3,4)16-5/h10-12H,6-9H2,1-5H3/b11-10+. The summed E-state index contributed by atoms with van der Waals surface area (Å²) in [6, 6.07) is 0. The van der Waals surface area contributed by atoms with Gasteiger partial charge >= 0.3 is 5.97 Å². The van der Waals surface area contributed by atoms with Crippen molar-refractivity contribution in [1.82, 2.24) is 0 Å². The first-order valence-corrected chi connectivity index (χ1v) is 6.69. The van der Waals surface area contributed by atoms with Crippen molar-refractivity contribution >= 4 is 5.97 Å².